The van der Waals surface area contributed by atoms with Crippen LogP contribution in [0, 0.1) is 5.41 Å². The molecule has 0 atom stereocenters. The summed E-state index contributed by atoms with van der Waals surface area (Å²) < 4.78 is 64.6. The Labute approximate surface area is 228 Å². The summed E-state index contributed by atoms with van der Waals surface area (Å²) in [6.45, 7) is 0.291. The minimum absolute atomic E-state index is 0. The molecule has 4 rings (SSSR count). The van der Waals surface area contributed by atoms with Gasteiger partial charge in [0, 0.05) is 49.6 Å². The van der Waals surface area contributed by atoms with Crippen LogP contribution in [0.25, 0.3) is 22.8 Å². The maximum Gasteiger partial charge on any atom is 0.434 e. The van der Waals surface area contributed by atoms with E-state index in [1.807, 2.05) is 0 Å². The van der Waals surface area contributed by atoms with Crippen molar-refractivity contribution < 1.29 is 21.6 Å². The van der Waals surface area contributed by atoms with Gasteiger partial charge in [-0.05, 0) is 17.7 Å². The summed E-state index contributed by atoms with van der Waals surface area (Å²) in [6, 6.07) is 13.2. The second-order valence-electron chi connectivity index (χ2n) is 8.02. The molecular weight excluding hydrogens is 620 g/mol. The van der Waals surface area contributed by atoms with Crippen LogP contribution >= 0.6 is 24.0 Å². The molecule has 0 aliphatic rings. The molecule has 0 aliphatic carbocycles. The summed E-state index contributed by atoms with van der Waals surface area (Å²) >= 11 is 0. The Bertz CT molecular complexity index is 1540. The van der Waals surface area contributed by atoms with Crippen molar-refractivity contribution in [3.63, 3.8) is 0 Å². The number of anilines is 1. The molecule has 4 aromatic rings. The monoisotopic (exact) mass is 642 g/mol. The van der Waals surface area contributed by atoms with E-state index in [9.17, 15) is 21.6 Å². The zero-order chi connectivity index (χ0) is 26.1. The van der Waals surface area contributed by atoms with Crippen LogP contribution in [-0.4, -0.2) is 40.4 Å². The number of benzene rings is 2. The number of hydrogen-bond donors (Lipinski definition) is 2. The average molecular weight is 642 g/mol. The molecular formula is C24H22F3IN6O2S. The molecule has 0 saturated carbocycles. The van der Waals surface area contributed by atoms with Crippen molar-refractivity contribution in [3.05, 3.63) is 77.7 Å². The summed E-state index contributed by atoms with van der Waals surface area (Å²) in [5, 5.41) is 10.8. The standard InChI is InChI=1S/C24H21F3N6O2S.HI/c1-33-14-20(24(25,26)27)31-23(33)16-9-7-15(8-10-16)12-29-21-17(11-28)13-30-22(32-21)18-5-3-4-6-19(18)36(2,34)35;/h3-11,13-14,28H,12H2,1-2H3,(H,29,30,32);1H. The largest absolute Gasteiger partial charge is 0.434 e. The van der Waals surface area contributed by atoms with E-state index < -0.39 is 21.7 Å². The van der Waals surface area contributed by atoms with Gasteiger partial charge in [-0.25, -0.2) is 23.4 Å². The molecule has 2 aromatic heterocycles. The summed E-state index contributed by atoms with van der Waals surface area (Å²) in [7, 11) is -2.02. The quantitative estimate of drug-likeness (QED) is 0.212. The second kappa shape index (κ2) is 11.0. The first-order valence-corrected chi connectivity index (χ1v) is 12.5. The molecule has 2 aromatic carbocycles. The fourth-order valence-corrected chi connectivity index (χ4v) is 4.46. The van der Waals surface area contributed by atoms with Gasteiger partial charge in [-0.15, -0.1) is 24.0 Å². The molecule has 8 nitrogen and oxygen atoms in total. The minimum atomic E-state index is -4.52. The Morgan fingerprint density at radius 2 is 1.76 bits per heavy atom. The van der Waals surface area contributed by atoms with Gasteiger partial charge in [0.05, 0.1) is 10.5 Å². The van der Waals surface area contributed by atoms with Crippen LogP contribution < -0.4 is 5.32 Å². The van der Waals surface area contributed by atoms with Gasteiger partial charge in [0.15, 0.2) is 21.4 Å². The number of nitrogens with zero attached hydrogens (tertiary/aromatic N) is 4. The Hall–Kier alpha value is -3.33. The summed E-state index contributed by atoms with van der Waals surface area (Å²) in [5.74, 6) is 0.717. The molecule has 0 spiro atoms. The van der Waals surface area contributed by atoms with Crippen molar-refractivity contribution >= 4 is 45.8 Å². The van der Waals surface area contributed by atoms with Gasteiger partial charge in [0.1, 0.15) is 11.6 Å². The molecule has 0 fully saturated rings. The topological polar surface area (TPSA) is 114 Å². The predicted molar refractivity (Wildman–Crippen MR) is 145 cm³/mol. The zero-order valence-corrected chi connectivity index (χ0v) is 22.8. The van der Waals surface area contributed by atoms with Crippen LogP contribution in [0.4, 0.5) is 19.0 Å². The molecule has 194 valence electrons. The van der Waals surface area contributed by atoms with Gasteiger partial charge in [0.2, 0.25) is 0 Å². The molecule has 13 heteroatoms. The lowest BCUT2D eigenvalue weighted by Crippen LogP contribution is -2.08. The minimum Gasteiger partial charge on any atom is -0.365 e. The van der Waals surface area contributed by atoms with Crippen molar-refractivity contribution in [2.75, 3.05) is 11.6 Å². The summed E-state index contributed by atoms with van der Waals surface area (Å²) in [6.07, 6.45) is 0.0363. The fraction of sp³-hybridized carbons (Fsp3) is 0.167. The zero-order valence-electron chi connectivity index (χ0n) is 19.6. The van der Waals surface area contributed by atoms with Gasteiger partial charge in [0.25, 0.3) is 0 Å². The van der Waals surface area contributed by atoms with E-state index in [1.165, 1.54) is 23.9 Å². The van der Waals surface area contributed by atoms with Crippen LogP contribution in [0.2, 0.25) is 0 Å². The lowest BCUT2D eigenvalue weighted by Gasteiger charge is -2.12. The highest BCUT2D eigenvalue weighted by molar-refractivity contribution is 14.0. The second-order valence-corrected chi connectivity index (χ2v) is 10.0. The SMILES string of the molecule is Cn1cc(C(F)(F)F)nc1-c1ccc(CNc2nc(-c3ccccc3S(C)(=O)=O)ncc2C=N)cc1.I. The first-order valence-electron chi connectivity index (χ1n) is 10.6. The van der Waals surface area contributed by atoms with Crippen LogP contribution in [-0.2, 0) is 29.6 Å². The molecule has 2 N–H and O–H groups in total. The molecule has 2 heterocycles. The van der Waals surface area contributed by atoms with Gasteiger partial charge in [-0.1, -0.05) is 36.4 Å². The molecule has 0 aliphatic heterocycles. The molecule has 0 amide bonds. The van der Waals surface area contributed by atoms with E-state index in [2.05, 4.69) is 20.3 Å². The smallest absolute Gasteiger partial charge is 0.365 e. The van der Waals surface area contributed by atoms with Gasteiger partial charge < -0.3 is 15.3 Å². The van der Waals surface area contributed by atoms with E-state index in [0.717, 1.165) is 24.2 Å². The highest BCUT2D eigenvalue weighted by Gasteiger charge is 2.34. The molecule has 37 heavy (non-hydrogen) atoms. The van der Waals surface area contributed by atoms with Gasteiger partial charge in [-0.3, -0.25) is 0 Å². The first kappa shape index (κ1) is 28.2. The van der Waals surface area contributed by atoms with E-state index >= 15 is 0 Å². The number of aryl methyl sites for hydroxylation is 1. The van der Waals surface area contributed by atoms with E-state index in [-0.39, 0.29) is 40.5 Å². The van der Waals surface area contributed by atoms with Crippen molar-refractivity contribution in [2.24, 2.45) is 7.05 Å². The Kier molecular flexibility index (Phi) is 8.37. The third kappa shape index (κ3) is 6.33. The Morgan fingerprint density at radius 3 is 2.35 bits per heavy atom. The number of sulfone groups is 1. The van der Waals surface area contributed by atoms with Crippen LogP contribution in [0.1, 0.15) is 16.8 Å². The predicted octanol–water partition coefficient (Wildman–Crippen LogP) is 5.19. The lowest BCUT2D eigenvalue weighted by atomic mass is 10.1. The summed E-state index contributed by atoms with van der Waals surface area (Å²) in [5.41, 5.74) is 1.12. The fourth-order valence-electron chi connectivity index (χ4n) is 3.57. The van der Waals surface area contributed by atoms with Crippen LogP contribution in [0.15, 0.2) is 65.8 Å². The third-order valence-electron chi connectivity index (χ3n) is 5.34. The normalized spacial score (nSPS) is 11.6. The summed E-state index contributed by atoms with van der Waals surface area (Å²) in [4.78, 5) is 12.5. The third-order valence-corrected chi connectivity index (χ3v) is 6.49. The van der Waals surface area contributed by atoms with Gasteiger partial charge >= 0.3 is 6.18 Å². The van der Waals surface area contributed by atoms with Gasteiger partial charge in [-0.2, -0.15) is 13.2 Å². The number of halogens is 4. The van der Waals surface area contributed by atoms with Crippen molar-refractivity contribution in [2.45, 2.75) is 17.6 Å². The number of alkyl halides is 3. The maximum absolute atomic E-state index is 13.0. The van der Waals surface area contributed by atoms with Crippen molar-refractivity contribution in [1.82, 2.24) is 19.5 Å². The molecule has 0 unspecified atom stereocenters. The number of imidazole rings is 1. The highest BCUT2D eigenvalue weighted by atomic mass is 127. The number of nitrogens with one attached hydrogen (secondary N) is 2. The van der Waals surface area contributed by atoms with Crippen molar-refractivity contribution in [1.29, 1.82) is 5.41 Å². The number of aromatic nitrogens is 4. The van der Waals surface area contributed by atoms with Crippen LogP contribution in [0.3, 0.4) is 0 Å². The van der Waals surface area contributed by atoms with E-state index in [1.54, 1.807) is 42.5 Å². The average Bonchev–Trinajstić information content (AvgIpc) is 3.24. The molecule has 0 radical (unpaired) electrons. The van der Waals surface area contributed by atoms with E-state index in [0.29, 0.717) is 29.1 Å². The Morgan fingerprint density at radius 1 is 1.08 bits per heavy atom. The van der Waals surface area contributed by atoms with Crippen molar-refractivity contribution in [3.8, 4) is 22.8 Å². The number of hydrogen-bond acceptors (Lipinski definition) is 7. The highest BCUT2D eigenvalue weighted by Crippen LogP contribution is 2.31. The maximum atomic E-state index is 13.0. The first-order chi connectivity index (χ1) is 17.0. The van der Waals surface area contributed by atoms with Crippen LogP contribution in [0.5, 0.6) is 0 Å². The van der Waals surface area contributed by atoms with E-state index in [4.69, 9.17) is 5.41 Å². The lowest BCUT2D eigenvalue weighted by molar-refractivity contribution is -0.140. The molecule has 0 bridgehead atoms. The number of rotatable bonds is 7. The Balaban J connectivity index is 0.00000380. The molecule has 0 saturated heterocycles.